The third-order valence-electron chi connectivity index (χ3n) is 6.01. The number of fused-ring (bicyclic) bond motifs is 1. The van der Waals surface area contributed by atoms with Crippen LogP contribution in [-0.4, -0.2) is 31.3 Å². The Morgan fingerprint density at radius 2 is 1.78 bits per heavy atom. The van der Waals surface area contributed by atoms with Gasteiger partial charge in [0.25, 0.3) is 5.56 Å². The maximum atomic E-state index is 12.6. The van der Waals surface area contributed by atoms with Gasteiger partial charge < -0.3 is 4.74 Å². The molecule has 0 atom stereocenters. The van der Waals surface area contributed by atoms with Gasteiger partial charge in [-0.25, -0.2) is 4.98 Å². The van der Waals surface area contributed by atoms with Crippen LogP contribution in [-0.2, 0) is 5.75 Å². The van der Waals surface area contributed by atoms with Gasteiger partial charge in [-0.15, -0.1) is 10.2 Å². The van der Waals surface area contributed by atoms with Gasteiger partial charge in [0, 0.05) is 23.6 Å². The van der Waals surface area contributed by atoms with Crippen LogP contribution in [0.1, 0.15) is 36.6 Å². The predicted octanol–water partition coefficient (Wildman–Crippen LogP) is 5.67. The first kappa shape index (κ1) is 23.8. The molecule has 0 saturated heterocycles. The van der Waals surface area contributed by atoms with Crippen molar-refractivity contribution in [3.63, 3.8) is 0 Å². The lowest BCUT2D eigenvalue weighted by Crippen LogP contribution is -2.15. The van der Waals surface area contributed by atoms with Crippen LogP contribution in [0.5, 0.6) is 5.75 Å². The van der Waals surface area contributed by atoms with Gasteiger partial charge in [0.15, 0.2) is 11.0 Å². The zero-order valence-electron chi connectivity index (χ0n) is 20.7. The summed E-state index contributed by atoms with van der Waals surface area (Å²) in [5.41, 5.74) is 5.48. The van der Waals surface area contributed by atoms with Crippen molar-refractivity contribution in [2.24, 2.45) is 0 Å². The molecule has 8 heteroatoms. The summed E-state index contributed by atoms with van der Waals surface area (Å²) < 4.78 is 8.99. The van der Waals surface area contributed by atoms with Gasteiger partial charge in [-0.3, -0.25) is 13.8 Å². The van der Waals surface area contributed by atoms with Gasteiger partial charge in [-0.2, -0.15) is 0 Å². The normalized spacial score (nSPS) is 11.4. The van der Waals surface area contributed by atoms with Crippen LogP contribution in [0.2, 0.25) is 0 Å². The molecule has 0 bridgehead atoms. The van der Waals surface area contributed by atoms with E-state index >= 15 is 0 Å². The van der Waals surface area contributed by atoms with Crippen LogP contribution in [0.15, 0.2) is 82.9 Å². The van der Waals surface area contributed by atoms with E-state index in [0.29, 0.717) is 23.0 Å². The van der Waals surface area contributed by atoms with Crippen LogP contribution in [0, 0.1) is 6.92 Å². The average molecular weight is 498 g/mol. The predicted molar refractivity (Wildman–Crippen MR) is 143 cm³/mol. The number of ether oxygens (including phenoxy) is 1. The van der Waals surface area contributed by atoms with Gasteiger partial charge in [0.05, 0.1) is 18.5 Å². The molecule has 0 N–H and O–H groups in total. The van der Waals surface area contributed by atoms with Crippen LogP contribution in [0.25, 0.3) is 22.7 Å². The molecule has 0 fully saturated rings. The second kappa shape index (κ2) is 9.99. The molecule has 5 rings (SSSR count). The van der Waals surface area contributed by atoms with E-state index in [1.807, 2.05) is 49.4 Å². The number of para-hydroxylation sites is 1. The van der Waals surface area contributed by atoms with E-state index in [1.165, 1.54) is 17.3 Å². The Balaban J connectivity index is 1.57. The first-order chi connectivity index (χ1) is 17.4. The molecule has 3 aromatic heterocycles. The summed E-state index contributed by atoms with van der Waals surface area (Å²) in [5.74, 6) is 2.33. The lowest BCUT2D eigenvalue weighted by molar-refractivity contribution is 0.415. The standard InChI is InChI=1S/C28H27N5O2S/c1-18(2)23-7-5-6-8-24(23)33-27(20-9-11-22(35-4)12-10-20)30-31-28(33)36-17-21-16-26(34)32-14-13-19(3)15-25(32)29-21/h5-16,18H,17H2,1-4H3. The number of hydrogen-bond acceptors (Lipinski definition) is 6. The van der Waals surface area contributed by atoms with Crippen LogP contribution in [0.3, 0.4) is 0 Å². The first-order valence-corrected chi connectivity index (χ1v) is 12.7. The second-order valence-electron chi connectivity index (χ2n) is 8.89. The molecule has 0 aliphatic heterocycles. The number of rotatable bonds is 7. The molecule has 2 aromatic carbocycles. The molecule has 36 heavy (non-hydrogen) atoms. The van der Waals surface area contributed by atoms with E-state index in [0.717, 1.165) is 33.5 Å². The molecule has 7 nitrogen and oxygen atoms in total. The number of nitrogens with zero attached hydrogens (tertiary/aromatic N) is 5. The lowest BCUT2D eigenvalue weighted by atomic mass is 10.0. The Morgan fingerprint density at radius 1 is 1.00 bits per heavy atom. The van der Waals surface area contributed by atoms with E-state index in [-0.39, 0.29) is 5.56 Å². The van der Waals surface area contributed by atoms with E-state index in [4.69, 9.17) is 9.72 Å². The zero-order chi connectivity index (χ0) is 25.2. The fourth-order valence-electron chi connectivity index (χ4n) is 4.15. The fraction of sp³-hybridized carbons (Fsp3) is 0.214. The highest BCUT2D eigenvalue weighted by atomic mass is 32.2. The largest absolute Gasteiger partial charge is 0.497 e. The summed E-state index contributed by atoms with van der Waals surface area (Å²) in [6.07, 6.45) is 1.76. The summed E-state index contributed by atoms with van der Waals surface area (Å²) in [4.78, 5) is 17.4. The number of aryl methyl sites for hydroxylation is 1. The van der Waals surface area contributed by atoms with Crippen molar-refractivity contribution in [2.45, 2.75) is 37.6 Å². The summed E-state index contributed by atoms with van der Waals surface area (Å²) in [6, 6.07) is 21.5. The van der Waals surface area contributed by atoms with Crippen molar-refractivity contribution in [3.8, 4) is 22.8 Å². The second-order valence-corrected chi connectivity index (χ2v) is 9.83. The van der Waals surface area contributed by atoms with Gasteiger partial charge in [0.1, 0.15) is 11.4 Å². The number of benzene rings is 2. The third kappa shape index (κ3) is 4.64. The highest BCUT2D eigenvalue weighted by molar-refractivity contribution is 7.98. The Labute approximate surface area is 213 Å². The molecular formula is C28H27N5O2S. The minimum absolute atomic E-state index is 0.0962. The molecule has 0 unspecified atom stereocenters. The maximum absolute atomic E-state index is 12.6. The number of thioether (sulfide) groups is 1. The molecule has 182 valence electrons. The van der Waals surface area contributed by atoms with Crippen molar-refractivity contribution in [2.75, 3.05) is 7.11 Å². The highest BCUT2D eigenvalue weighted by Gasteiger charge is 2.20. The monoisotopic (exact) mass is 497 g/mol. The molecule has 0 amide bonds. The van der Waals surface area contributed by atoms with Crippen LogP contribution >= 0.6 is 11.8 Å². The number of methoxy groups -OCH3 is 1. The van der Waals surface area contributed by atoms with Crippen molar-refractivity contribution < 1.29 is 4.74 Å². The first-order valence-electron chi connectivity index (χ1n) is 11.8. The SMILES string of the molecule is COc1ccc(-c2nnc(SCc3cc(=O)n4ccc(C)cc4n3)n2-c2ccccc2C(C)C)cc1. The molecular weight excluding hydrogens is 470 g/mol. The molecule has 0 aliphatic rings. The Bertz CT molecular complexity index is 1590. The van der Waals surface area contributed by atoms with Gasteiger partial charge in [-0.1, -0.05) is 43.8 Å². The van der Waals surface area contributed by atoms with Crippen molar-refractivity contribution >= 4 is 17.4 Å². The Kier molecular flexibility index (Phi) is 6.61. The zero-order valence-corrected chi connectivity index (χ0v) is 21.5. The topological polar surface area (TPSA) is 74.3 Å². The summed E-state index contributed by atoms with van der Waals surface area (Å²) in [6.45, 7) is 6.35. The number of aromatic nitrogens is 5. The van der Waals surface area contributed by atoms with Crippen molar-refractivity contribution in [3.05, 3.63) is 100 Å². The van der Waals surface area contributed by atoms with E-state index in [9.17, 15) is 4.79 Å². The smallest absolute Gasteiger partial charge is 0.258 e. The van der Waals surface area contributed by atoms with E-state index in [2.05, 4.69) is 46.8 Å². The number of pyridine rings is 1. The van der Waals surface area contributed by atoms with Crippen molar-refractivity contribution in [1.29, 1.82) is 0 Å². The summed E-state index contributed by atoms with van der Waals surface area (Å²) >= 11 is 1.51. The Hall–Kier alpha value is -3.91. The summed E-state index contributed by atoms with van der Waals surface area (Å²) in [7, 11) is 1.65. The molecule has 0 aliphatic carbocycles. The van der Waals surface area contributed by atoms with Crippen LogP contribution in [0.4, 0.5) is 0 Å². The summed E-state index contributed by atoms with van der Waals surface area (Å²) in [5, 5.41) is 9.87. The molecule has 5 aromatic rings. The fourth-order valence-corrected chi connectivity index (χ4v) is 4.99. The maximum Gasteiger partial charge on any atom is 0.258 e. The van der Waals surface area contributed by atoms with Gasteiger partial charge in [-0.05, 0) is 66.4 Å². The minimum Gasteiger partial charge on any atom is -0.497 e. The lowest BCUT2D eigenvalue weighted by Gasteiger charge is -2.17. The van der Waals surface area contributed by atoms with Gasteiger partial charge in [0.2, 0.25) is 0 Å². The van der Waals surface area contributed by atoms with Crippen molar-refractivity contribution in [1.82, 2.24) is 24.1 Å². The molecule has 0 spiro atoms. The number of hydrogen-bond donors (Lipinski definition) is 0. The van der Waals surface area contributed by atoms with E-state index < -0.39 is 0 Å². The molecule has 0 saturated carbocycles. The molecule has 3 heterocycles. The third-order valence-corrected chi connectivity index (χ3v) is 6.97. The minimum atomic E-state index is -0.0962. The van der Waals surface area contributed by atoms with Gasteiger partial charge >= 0.3 is 0 Å². The van der Waals surface area contributed by atoms with E-state index in [1.54, 1.807) is 23.8 Å². The quantitative estimate of drug-likeness (QED) is 0.270. The van der Waals surface area contributed by atoms with Crippen LogP contribution < -0.4 is 10.3 Å². The highest BCUT2D eigenvalue weighted by Crippen LogP contribution is 2.33. The average Bonchev–Trinajstić information content (AvgIpc) is 3.31. The Morgan fingerprint density at radius 3 is 2.53 bits per heavy atom. The molecule has 0 radical (unpaired) electrons.